The lowest BCUT2D eigenvalue weighted by Gasteiger charge is -2.12. The van der Waals surface area contributed by atoms with E-state index < -0.39 is 25.8 Å². The highest BCUT2D eigenvalue weighted by molar-refractivity contribution is 7.90. The normalized spacial score (nSPS) is 16.2. The molecule has 2 aromatic carbocycles. The van der Waals surface area contributed by atoms with Gasteiger partial charge in [-0.1, -0.05) is 36.4 Å². The lowest BCUT2D eigenvalue weighted by Crippen LogP contribution is -2.26. The predicted octanol–water partition coefficient (Wildman–Crippen LogP) is 1.82. The topological polar surface area (TPSA) is 110 Å². The molecule has 7 nitrogen and oxygen atoms in total. The largest absolute Gasteiger partial charge is 0.288 e. The van der Waals surface area contributed by atoms with Crippen LogP contribution in [0, 0.1) is 0 Å². The van der Waals surface area contributed by atoms with E-state index in [1.54, 1.807) is 24.3 Å². The van der Waals surface area contributed by atoms with Crippen LogP contribution in [0.4, 0.5) is 0 Å². The summed E-state index contributed by atoms with van der Waals surface area (Å²) in [7, 11) is -7.98. The minimum Gasteiger partial charge on any atom is -0.288 e. The highest BCUT2D eigenvalue weighted by Gasteiger charge is 2.21. The minimum absolute atomic E-state index is 0.0282. The summed E-state index contributed by atoms with van der Waals surface area (Å²) < 4.78 is 55.2. The molecule has 138 valence electrons. The van der Waals surface area contributed by atoms with Gasteiger partial charge in [-0.3, -0.25) is 9.52 Å². The summed E-state index contributed by atoms with van der Waals surface area (Å²) in [6.07, 6.45) is 3.39. The van der Waals surface area contributed by atoms with E-state index in [4.69, 9.17) is 0 Å². The van der Waals surface area contributed by atoms with Gasteiger partial charge in [0.1, 0.15) is 5.71 Å². The number of hydrogen-bond donors (Lipinski definition) is 1. The van der Waals surface area contributed by atoms with Gasteiger partial charge >= 0.3 is 0 Å². The van der Waals surface area contributed by atoms with E-state index in [-0.39, 0.29) is 21.2 Å². The van der Waals surface area contributed by atoms with Crippen molar-refractivity contribution in [1.29, 1.82) is 0 Å². The fourth-order valence-electron chi connectivity index (χ4n) is 2.24. The standard InChI is InChI=1S/C18H14N2O5S2/c21-18-12-11-14(19-26(22,23)15-7-3-1-4-8-15)13-17(18)20-27(24,25)16-9-5-2-6-10-16/h1-13,19H. The summed E-state index contributed by atoms with van der Waals surface area (Å²) in [5, 5.41) is 0. The zero-order valence-electron chi connectivity index (χ0n) is 13.8. The summed E-state index contributed by atoms with van der Waals surface area (Å²) >= 11 is 0. The van der Waals surface area contributed by atoms with Crippen molar-refractivity contribution in [1.82, 2.24) is 4.72 Å². The van der Waals surface area contributed by atoms with Crippen LogP contribution in [0.1, 0.15) is 0 Å². The Hall–Kier alpha value is -3.04. The Balaban J connectivity index is 1.93. The lowest BCUT2D eigenvalue weighted by atomic mass is 10.1. The Morgan fingerprint density at radius 2 is 1.30 bits per heavy atom. The molecule has 0 heterocycles. The van der Waals surface area contributed by atoms with Crippen LogP contribution in [0.5, 0.6) is 0 Å². The first kappa shape index (κ1) is 18.7. The van der Waals surface area contributed by atoms with Gasteiger partial charge in [0.15, 0.2) is 0 Å². The van der Waals surface area contributed by atoms with E-state index in [9.17, 15) is 21.6 Å². The van der Waals surface area contributed by atoms with Gasteiger partial charge in [0.2, 0.25) is 5.78 Å². The van der Waals surface area contributed by atoms with E-state index >= 15 is 0 Å². The Bertz CT molecular complexity index is 1160. The first-order valence-electron chi connectivity index (χ1n) is 7.70. The van der Waals surface area contributed by atoms with Gasteiger partial charge in [-0.15, -0.1) is 0 Å². The van der Waals surface area contributed by atoms with E-state index in [1.165, 1.54) is 42.5 Å². The van der Waals surface area contributed by atoms with Gasteiger partial charge in [-0.2, -0.15) is 12.8 Å². The van der Waals surface area contributed by atoms with Crippen molar-refractivity contribution in [3.8, 4) is 0 Å². The molecule has 0 fully saturated rings. The molecule has 2 aromatic rings. The highest BCUT2D eigenvalue weighted by Crippen LogP contribution is 2.15. The van der Waals surface area contributed by atoms with Crippen molar-refractivity contribution in [3.05, 3.63) is 84.6 Å². The number of rotatable bonds is 5. The molecule has 9 heteroatoms. The molecule has 1 aliphatic rings. The number of sulfonamides is 2. The second-order valence-corrected chi connectivity index (χ2v) is 8.77. The number of carbonyl (C=O) groups is 1. The van der Waals surface area contributed by atoms with Crippen LogP contribution in [0.25, 0.3) is 0 Å². The van der Waals surface area contributed by atoms with Crippen molar-refractivity contribution in [2.75, 3.05) is 0 Å². The molecule has 0 amide bonds. The summed E-state index contributed by atoms with van der Waals surface area (Å²) in [5.74, 6) is -0.642. The van der Waals surface area contributed by atoms with Crippen LogP contribution < -0.4 is 4.72 Å². The molecule has 27 heavy (non-hydrogen) atoms. The predicted molar refractivity (Wildman–Crippen MR) is 100 cm³/mol. The first-order chi connectivity index (χ1) is 12.8. The van der Waals surface area contributed by atoms with E-state index in [1.807, 2.05) is 0 Å². The van der Waals surface area contributed by atoms with Crippen LogP contribution in [-0.4, -0.2) is 28.3 Å². The lowest BCUT2D eigenvalue weighted by molar-refractivity contribution is -0.108. The second-order valence-electron chi connectivity index (χ2n) is 5.48. The molecule has 0 aromatic heterocycles. The summed E-state index contributed by atoms with van der Waals surface area (Å²) in [6.45, 7) is 0. The second kappa shape index (κ2) is 7.29. The number of allylic oxidation sites excluding steroid dienone is 3. The number of nitrogens with one attached hydrogen (secondary N) is 1. The van der Waals surface area contributed by atoms with Gasteiger partial charge in [-0.25, -0.2) is 8.42 Å². The maximum Gasteiger partial charge on any atom is 0.282 e. The molecule has 0 atom stereocenters. The van der Waals surface area contributed by atoms with Gasteiger partial charge in [0, 0.05) is 0 Å². The number of benzene rings is 2. The smallest absolute Gasteiger partial charge is 0.282 e. The SMILES string of the molecule is O=C1C=CC(NS(=O)(=O)c2ccccc2)=CC1=NS(=O)(=O)c1ccccc1. The van der Waals surface area contributed by atoms with Crippen LogP contribution >= 0.6 is 0 Å². The number of nitrogens with zero attached hydrogens (tertiary/aromatic N) is 1. The Morgan fingerprint density at radius 1 is 0.741 bits per heavy atom. The average molecular weight is 402 g/mol. The summed E-state index contributed by atoms with van der Waals surface area (Å²) in [6, 6.07) is 15.1. The van der Waals surface area contributed by atoms with Crippen molar-refractivity contribution >= 4 is 31.5 Å². The third-order valence-electron chi connectivity index (χ3n) is 3.52. The quantitative estimate of drug-likeness (QED) is 0.767. The molecule has 0 saturated heterocycles. The molecule has 3 rings (SSSR count). The van der Waals surface area contributed by atoms with Crippen molar-refractivity contribution in [2.45, 2.75) is 9.79 Å². The average Bonchev–Trinajstić information content (AvgIpc) is 2.65. The third kappa shape index (κ3) is 4.39. The molecule has 1 aliphatic carbocycles. The van der Waals surface area contributed by atoms with Crippen molar-refractivity contribution < 1.29 is 21.6 Å². The molecule has 0 unspecified atom stereocenters. The molecule has 0 aliphatic heterocycles. The zero-order chi connectivity index (χ0) is 19.5. The fourth-order valence-corrected chi connectivity index (χ4v) is 4.32. The molecule has 0 spiro atoms. The van der Waals surface area contributed by atoms with Crippen LogP contribution in [0.15, 0.2) is 98.8 Å². The van der Waals surface area contributed by atoms with Gasteiger partial charge in [0.05, 0.1) is 15.5 Å². The molecule has 1 N–H and O–H groups in total. The summed E-state index contributed by atoms with van der Waals surface area (Å²) in [4.78, 5) is 11.9. The Labute approximate surface area is 156 Å². The van der Waals surface area contributed by atoms with E-state index in [2.05, 4.69) is 9.12 Å². The monoisotopic (exact) mass is 402 g/mol. The number of hydrogen-bond acceptors (Lipinski definition) is 5. The number of ketones is 1. The highest BCUT2D eigenvalue weighted by atomic mass is 32.2. The third-order valence-corrected chi connectivity index (χ3v) is 6.23. The Morgan fingerprint density at radius 3 is 1.89 bits per heavy atom. The molecule has 0 bridgehead atoms. The molecule has 0 saturated carbocycles. The maximum atomic E-state index is 12.4. The van der Waals surface area contributed by atoms with Crippen molar-refractivity contribution in [3.63, 3.8) is 0 Å². The van der Waals surface area contributed by atoms with E-state index in [0.717, 1.165) is 12.2 Å². The van der Waals surface area contributed by atoms with E-state index in [0.29, 0.717) is 0 Å². The van der Waals surface area contributed by atoms with Crippen LogP contribution in [0.3, 0.4) is 0 Å². The van der Waals surface area contributed by atoms with Crippen LogP contribution in [-0.2, 0) is 24.8 Å². The van der Waals surface area contributed by atoms with Gasteiger partial charge < -0.3 is 0 Å². The molecule has 0 radical (unpaired) electrons. The minimum atomic E-state index is -4.10. The van der Waals surface area contributed by atoms with Gasteiger partial charge in [0.25, 0.3) is 20.0 Å². The Kier molecular flexibility index (Phi) is 5.06. The maximum absolute atomic E-state index is 12.4. The first-order valence-corrected chi connectivity index (χ1v) is 10.6. The number of carbonyl (C=O) groups excluding carboxylic acids is 1. The summed E-state index contributed by atoms with van der Waals surface area (Å²) in [5.41, 5.74) is -0.354. The van der Waals surface area contributed by atoms with Gasteiger partial charge in [-0.05, 0) is 42.5 Å². The fraction of sp³-hybridized carbons (Fsp3) is 0. The molecular weight excluding hydrogens is 388 g/mol. The van der Waals surface area contributed by atoms with Crippen molar-refractivity contribution in [2.24, 2.45) is 4.40 Å². The van der Waals surface area contributed by atoms with Crippen LogP contribution in [0.2, 0.25) is 0 Å². The molecular formula is C18H14N2O5S2. The zero-order valence-corrected chi connectivity index (χ0v) is 15.4.